The van der Waals surface area contributed by atoms with Crippen LogP contribution in [0.25, 0.3) is 0 Å². The number of nitrogens with one attached hydrogen (secondary N) is 1. The van der Waals surface area contributed by atoms with E-state index in [1.807, 2.05) is 12.1 Å². The quantitative estimate of drug-likeness (QED) is 0.816. The molecule has 1 heterocycles. The number of nitrogens with zero attached hydrogens (tertiary/aromatic N) is 1. The SMILES string of the molecule is CCCc1ccc(Nc2nc(C(=O)OCC)co2)cc1. The van der Waals surface area contributed by atoms with Gasteiger partial charge in [0.1, 0.15) is 6.26 Å². The number of oxazole rings is 1. The molecule has 0 aliphatic heterocycles. The Kier molecular flexibility index (Phi) is 4.76. The Morgan fingerprint density at radius 1 is 1.30 bits per heavy atom. The molecule has 2 rings (SSSR count). The van der Waals surface area contributed by atoms with Gasteiger partial charge in [-0.1, -0.05) is 25.5 Å². The Morgan fingerprint density at radius 3 is 2.70 bits per heavy atom. The molecule has 5 nitrogen and oxygen atoms in total. The van der Waals surface area contributed by atoms with E-state index in [2.05, 4.69) is 29.4 Å². The maximum atomic E-state index is 11.5. The molecule has 5 heteroatoms. The van der Waals surface area contributed by atoms with Gasteiger partial charge in [-0.25, -0.2) is 4.79 Å². The largest absolute Gasteiger partial charge is 0.461 e. The number of rotatable bonds is 6. The summed E-state index contributed by atoms with van der Waals surface area (Å²) in [6, 6.07) is 8.30. The van der Waals surface area contributed by atoms with Crippen molar-refractivity contribution in [1.82, 2.24) is 4.98 Å². The van der Waals surface area contributed by atoms with Crippen molar-refractivity contribution in [2.75, 3.05) is 11.9 Å². The van der Waals surface area contributed by atoms with Crippen LogP contribution in [0.5, 0.6) is 0 Å². The minimum atomic E-state index is -0.484. The highest BCUT2D eigenvalue weighted by Gasteiger charge is 2.13. The van der Waals surface area contributed by atoms with Gasteiger partial charge in [0, 0.05) is 5.69 Å². The fraction of sp³-hybridized carbons (Fsp3) is 0.333. The number of carbonyl (C=O) groups is 1. The van der Waals surface area contributed by atoms with E-state index >= 15 is 0 Å². The molecule has 0 unspecified atom stereocenters. The lowest BCUT2D eigenvalue weighted by molar-refractivity contribution is 0.0519. The van der Waals surface area contributed by atoms with Gasteiger partial charge in [0.05, 0.1) is 6.61 Å². The summed E-state index contributed by atoms with van der Waals surface area (Å²) in [5.74, 6) is -0.484. The molecule has 1 N–H and O–H groups in total. The van der Waals surface area contributed by atoms with Crippen LogP contribution in [0.1, 0.15) is 36.3 Å². The van der Waals surface area contributed by atoms with E-state index in [0.29, 0.717) is 6.61 Å². The second kappa shape index (κ2) is 6.75. The second-order valence-corrected chi connectivity index (χ2v) is 4.33. The summed E-state index contributed by atoms with van der Waals surface area (Å²) in [4.78, 5) is 15.5. The minimum absolute atomic E-state index is 0.164. The van der Waals surface area contributed by atoms with Crippen LogP contribution >= 0.6 is 0 Å². The van der Waals surface area contributed by atoms with Gasteiger partial charge >= 0.3 is 5.97 Å². The number of aryl methyl sites for hydroxylation is 1. The monoisotopic (exact) mass is 274 g/mol. The Balaban J connectivity index is 2.01. The lowest BCUT2D eigenvalue weighted by Gasteiger charge is -2.03. The third-order valence-corrected chi connectivity index (χ3v) is 2.73. The zero-order chi connectivity index (χ0) is 14.4. The summed E-state index contributed by atoms with van der Waals surface area (Å²) in [6.45, 7) is 4.21. The zero-order valence-corrected chi connectivity index (χ0v) is 11.7. The van der Waals surface area contributed by atoms with Gasteiger partial charge in [0.2, 0.25) is 0 Å². The molecule has 0 amide bonds. The van der Waals surface area contributed by atoms with Crippen molar-refractivity contribution in [3.05, 3.63) is 41.8 Å². The number of esters is 1. The average molecular weight is 274 g/mol. The van der Waals surface area contributed by atoms with Gasteiger partial charge < -0.3 is 14.5 Å². The molecule has 0 saturated carbocycles. The molecular weight excluding hydrogens is 256 g/mol. The first-order chi connectivity index (χ1) is 9.72. The van der Waals surface area contributed by atoms with Crippen molar-refractivity contribution in [3.8, 4) is 0 Å². The molecule has 0 atom stereocenters. The Morgan fingerprint density at radius 2 is 2.05 bits per heavy atom. The molecule has 0 aliphatic carbocycles. The Labute approximate surface area is 118 Å². The summed E-state index contributed by atoms with van der Waals surface area (Å²) < 4.78 is 10.0. The number of carbonyl (C=O) groups excluding carboxylic acids is 1. The highest BCUT2D eigenvalue weighted by molar-refractivity contribution is 5.87. The standard InChI is InChI=1S/C15H18N2O3/c1-3-5-11-6-8-12(9-7-11)16-15-17-13(10-20-15)14(18)19-4-2/h6-10H,3-5H2,1-2H3,(H,16,17). The molecule has 106 valence electrons. The van der Waals surface area contributed by atoms with Crippen molar-refractivity contribution in [2.45, 2.75) is 26.7 Å². The van der Waals surface area contributed by atoms with Crippen LogP contribution < -0.4 is 5.32 Å². The Hall–Kier alpha value is -2.30. The number of ether oxygens (including phenoxy) is 1. The van der Waals surface area contributed by atoms with Crippen LogP contribution in [-0.4, -0.2) is 17.6 Å². The third-order valence-electron chi connectivity index (χ3n) is 2.73. The van der Waals surface area contributed by atoms with E-state index in [-0.39, 0.29) is 11.7 Å². The predicted molar refractivity (Wildman–Crippen MR) is 76.2 cm³/mol. The maximum absolute atomic E-state index is 11.5. The van der Waals surface area contributed by atoms with Crippen molar-refractivity contribution >= 4 is 17.7 Å². The summed E-state index contributed by atoms with van der Waals surface area (Å²) >= 11 is 0. The molecule has 0 saturated heterocycles. The first-order valence-corrected chi connectivity index (χ1v) is 6.71. The van der Waals surface area contributed by atoms with Crippen molar-refractivity contribution < 1.29 is 13.9 Å². The fourth-order valence-electron chi connectivity index (χ4n) is 1.80. The number of aromatic nitrogens is 1. The number of hydrogen-bond acceptors (Lipinski definition) is 5. The highest BCUT2D eigenvalue weighted by atomic mass is 16.5. The minimum Gasteiger partial charge on any atom is -0.461 e. The summed E-state index contributed by atoms with van der Waals surface area (Å²) in [6.07, 6.45) is 3.47. The molecule has 0 aliphatic rings. The molecule has 0 spiro atoms. The maximum Gasteiger partial charge on any atom is 0.360 e. The van der Waals surface area contributed by atoms with Gasteiger partial charge in [-0.3, -0.25) is 0 Å². The molecule has 1 aromatic heterocycles. The first kappa shape index (κ1) is 14.1. The van der Waals surface area contributed by atoms with Crippen molar-refractivity contribution in [2.24, 2.45) is 0 Å². The molecule has 0 radical (unpaired) electrons. The van der Waals surface area contributed by atoms with Crippen LogP contribution in [0.15, 0.2) is 34.9 Å². The van der Waals surface area contributed by atoms with E-state index in [9.17, 15) is 4.79 Å². The fourth-order valence-corrected chi connectivity index (χ4v) is 1.80. The smallest absolute Gasteiger partial charge is 0.360 e. The van der Waals surface area contributed by atoms with Crippen molar-refractivity contribution in [3.63, 3.8) is 0 Å². The lowest BCUT2D eigenvalue weighted by Crippen LogP contribution is -2.04. The van der Waals surface area contributed by atoms with Crippen LogP contribution in [0.2, 0.25) is 0 Å². The Bertz CT molecular complexity index is 561. The van der Waals surface area contributed by atoms with Gasteiger partial charge in [0.15, 0.2) is 5.69 Å². The van der Waals surface area contributed by atoms with Crippen LogP contribution in [0.3, 0.4) is 0 Å². The van der Waals surface area contributed by atoms with Crippen LogP contribution in [-0.2, 0) is 11.2 Å². The lowest BCUT2D eigenvalue weighted by atomic mass is 10.1. The van der Waals surface area contributed by atoms with E-state index < -0.39 is 5.97 Å². The third kappa shape index (κ3) is 3.60. The molecule has 2 aromatic rings. The highest BCUT2D eigenvalue weighted by Crippen LogP contribution is 2.17. The van der Waals surface area contributed by atoms with Gasteiger partial charge in [-0.15, -0.1) is 0 Å². The van der Waals surface area contributed by atoms with E-state index in [1.54, 1.807) is 6.92 Å². The van der Waals surface area contributed by atoms with E-state index in [0.717, 1.165) is 18.5 Å². The number of hydrogen-bond donors (Lipinski definition) is 1. The predicted octanol–water partition coefficient (Wildman–Crippen LogP) is 3.55. The normalized spacial score (nSPS) is 10.3. The number of anilines is 2. The van der Waals surface area contributed by atoms with Crippen LogP contribution in [0, 0.1) is 0 Å². The molecular formula is C15H18N2O3. The zero-order valence-electron chi connectivity index (χ0n) is 11.7. The average Bonchev–Trinajstić information content (AvgIpc) is 2.90. The van der Waals surface area contributed by atoms with Crippen molar-refractivity contribution in [1.29, 1.82) is 0 Å². The molecule has 1 aromatic carbocycles. The van der Waals surface area contributed by atoms with Crippen LogP contribution in [0.4, 0.5) is 11.7 Å². The molecule has 0 fully saturated rings. The van der Waals surface area contributed by atoms with E-state index in [1.165, 1.54) is 11.8 Å². The summed E-state index contributed by atoms with van der Waals surface area (Å²) in [5, 5.41) is 3.01. The summed E-state index contributed by atoms with van der Waals surface area (Å²) in [5.41, 5.74) is 2.32. The summed E-state index contributed by atoms with van der Waals surface area (Å²) in [7, 11) is 0. The van der Waals surface area contributed by atoms with Gasteiger partial charge in [0.25, 0.3) is 6.01 Å². The topological polar surface area (TPSA) is 64.4 Å². The molecule has 20 heavy (non-hydrogen) atoms. The molecule has 0 bridgehead atoms. The first-order valence-electron chi connectivity index (χ1n) is 6.71. The van der Waals surface area contributed by atoms with Gasteiger partial charge in [-0.2, -0.15) is 4.98 Å². The van der Waals surface area contributed by atoms with E-state index in [4.69, 9.17) is 9.15 Å². The van der Waals surface area contributed by atoms with Gasteiger partial charge in [-0.05, 0) is 31.0 Å². The number of benzene rings is 1. The second-order valence-electron chi connectivity index (χ2n) is 4.33.